The van der Waals surface area contributed by atoms with Crippen molar-refractivity contribution in [3.8, 4) is 11.4 Å². The van der Waals surface area contributed by atoms with Crippen molar-refractivity contribution < 1.29 is 4.79 Å². The van der Waals surface area contributed by atoms with Crippen LogP contribution in [0.2, 0.25) is 0 Å². The monoisotopic (exact) mass is 406 g/mol. The van der Waals surface area contributed by atoms with Crippen LogP contribution in [0.25, 0.3) is 22.6 Å². The first-order valence-electron chi connectivity index (χ1n) is 10.6. The van der Waals surface area contributed by atoms with Gasteiger partial charge in [0.05, 0.1) is 11.0 Å². The number of amides is 1. The van der Waals surface area contributed by atoms with Gasteiger partial charge >= 0.3 is 0 Å². The number of anilines is 1. The molecule has 9 nitrogen and oxygen atoms in total. The standard InChI is InChI=1S/C21H26N8O/c1-3-29-18(15-10-22-14(2)23-11-15)27-16-17(25-13-26-19(16)29)24-12-21(6-7-21)20(30)28-8-4-5-9-28/h10-11,13H,3-9,12H2,1-2H3,(H,24,25,26). The summed E-state index contributed by atoms with van der Waals surface area (Å²) in [6.07, 6.45) is 9.20. The van der Waals surface area contributed by atoms with E-state index in [9.17, 15) is 4.79 Å². The van der Waals surface area contributed by atoms with Gasteiger partial charge in [-0.05, 0) is 39.5 Å². The van der Waals surface area contributed by atoms with E-state index in [1.54, 1.807) is 18.7 Å². The van der Waals surface area contributed by atoms with Crippen LogP contribution in [0, 0.1) is 12.3 Å². The van der Waals surface area contributed by atoms with Gasteiger partial charge in [0.25, 0.3) is 0 Å². The molecule has 0 atom stereocenters. The molecule has 156 valence electrons. The van der Waals surface area contributed by atoms with Gasteiger partial charge in [-0.1, -0.05) is 0 Å². The molecule has 0 radical (unpaired) electrons. The van der Waals surface area contributed by atoms with Crippen LogP contribution >= 0.6 is 0 Å². The lowest BCUT2D eigenvalue weighted by Crippen LogP contribution is -2.38. The van der Waals surface area contributed by atoms with Gasteiger partial charge in [0.2, 0.25) is 5.91 Å². The quantitative estimate of drug-likeness (QED) is 0.671. The lowest BCUT2D eigenvalue weighted by atomic mass is 10.1. The summed E-state index contributed by atoms with van der Waals surface area (Å²) in [6, 6.07) is 0. The smallest absolute Gasteiger partial charge is 0.230 e. The van der Waals surface area contributed by atoms with E-state index in [1.165, 1.54) is 0 Å². The zero-order valence-corrected chi connectivity index (χ0v) is 17.4. The fourth-order valence-electron chi connectivity index (χ4n) is 4.22. The molecule has 5 rings (SSSR count). The van der Waals surface area contributed by atoms with Crippen molar-refractivity contribution in [2.45, 2.75) is 46.1 Å². The number of imidazole rings is 1. The van der Waals surface area contributed by atoms with Crippen molar-refractivity contribution in [1.29, 1.82) is 0 Å². The molecule has 1 saturated carbocycles. The highest BCUT2D eigenvalue weighted by Crippen LogP contribution is 2.47. The van der Waals surface area contributed by atoms with Crippen molar-refractivity contribution in [1.82, 2.24) is 34.4 Å². The number of nitrogens with zero attached hydrogens (tertiary/aromatic N) is 7. The Hall–Kier alpha value is -3.10. The van der Waals surface area contributed by atoms with Crippen molar-refractivity contribution in [3.63, 3.8) is 0 Å². The third-order valence-corrected chi connectivity index (χ3v) is 6.18. The third kappa shape index (κ3) is 3.18. The average Bonchev–Trinajstić information content (AvgIpc) is 3.19. The maximum Gasteiger partial charge on any atom is 0.230 e. The second kappa shape index (κ2) is 7.30. The first-order valence-corrected chi connectivity index (χ1v) is 10.6. The predicted molar refractivity (Wildman–Crippen MR) is 113 cm³/mol. The van der Waals surface area contributed by atoms with E-state index < -0.39 is 0 Å². The molecule has 2 aliphatic rings. The molecule has 1 aliphatic heterocycles. The molecule has 0 spiro atoms. The second-order valence-corrected chi connectivity index (χ2v) is 8.23. The summed E-state index contributed by atoms with van der Waals surface area (Å²) >= 11 is 0. The first-order chi connectivity index (χ1) is 14.6. The molecule has 30 heavy (non-hydrogen) atoms. The number of rotatable bonds is 6. The number of hydrogen-bond donors (Lipinski definition) is 1. The highest BCUT2D eigenvalue weighted by atomic mass is 16.2. The molecular weight excluding hydrogens is 380 g/mol. The summed E-state index contributed by atoms with van der Waals surface area (Å²) in [7, 11) is 0. The van der Waals surface area contributed by atoms with E-state index in [1.807, 2.05) is 16.4 Å². The van der Waals surface area contributed by atoms with Gasteiger partial charge in [-0.2, -0.15) is 0 Å². The topological polar surface area (TPSA) is 102 Å². The van der Waals surface area contributed by atoms with Crippen molar-refractivity contribution in [3.05, 3.63) is 24.5 Å². The second-order valence-electron chi connectivity index (χ2n) is 8.23. The lowest BCUT2D eigenvalue weighted by molar-refractivity contribution is -0.135. The number of carbonyl (C=O) groups excluding carboxylic acids is 1. The van der Waals surface area contributed by atoms with Crippen molar-refractivity contribution in [2.75, 3.05) is 25.0 Å². The van der Waals surface area contributed by atoms with Crippen LogP contribution < -0.4 is 5.32 Å². The molecule has 1 amide bonds. The van der Waals surface area contributed by atoms with Crippen LogP contribution in [-0.4, -0.2) is 59.9 Å². The Bertz CT molecular complexity index is 1080. The third-order valence-electron chi connectivity index (χ3n) is 6.18. The number of nitrogens with one attached hydrogen (secondary N) is 1. The Labute approximate surface area is 175 Å². The summed E-state index contributed by atoms with van der Waals surface area (Å²) in [5.74, 6) is 2.44. The molecule has 1 aliphatic carbocycles. The Morgan fingerprint density at radius 1 is 1.13 bits per heavy atom. The van der Waals surface area contributed by atoms with E-state index in [4.69, 9.17) is 4.98 Å². The number of aryl methyl sites for hydroxylation is 2. The van der Waals surface area contributed by atoms with Crippen LogP contribution in [0.3, 0.4) is 0 Å². The SMILES string of the molecule is CCn1c(-c2cnc(C)nc2)nc2c(NCC3(C(=O)N4CCCC4)CC3)ncnc21. The van der Waals surface area contributed by atoms with E-state index in [0.717, 1.165) is 61.6 Å². The molecule has 3 aromatic rings. The van der Waals surface area contributed by atoms with E-state index in [-0.39, 0.29) is 11.3 Å². The van der Waals surface area contributed by atoms with Crippen LogP contribution in [-0.2, 0) is 11.3 Å². The number of hydrogen-bond acceptors (Lipinski definition) is 7. The highest BCUT2D eigenvalue weighted by molar-refractivity contribution is 5.88. The van der Waals surface area contributed by atoms with Gasteiger partial charge in [0.15, 0.2) is 17.0 Å². The predicted octanol–water partition coefficient (Wildman–Crippen LogP) is 2.43. The molecule has 1 saturated heterocycles. The van der Waals surface area contributed by atoms with Gasteiger partial charge in [-0.15, -0.1) is 0 Å². The van der Waals surface area contributed by atoms with Gasteiger partial charge in [-0.25, -0.2) is 24.9 Å². The molecule has 9 heteroatoms. The van der Waals surface area contributed by atoms with Crippen LogP contribution in [0.4, 0.5) is 5.82 Å². The largest absolute Gasteiger partial charge is 0.367 e. The molecule has 0 unspecified atom stereocenters. The summed E-state index contributed by atoms with van der Waals surface area (Å²) in [5.41, 5.74) is 2.03. The van der Waals surface area contributed by atoms with Crippen LogP contribution in [0.15, 0.2) is 18.7 Å². The van der Waals surface area contributed by atoms with Crippen LogP contribution in [0.5, 0.6) is 0 Å². The molecule has 2 fully saturated rings. The normalized spacial score (nSPS) is 17.5. The first kappa shape index (κ1) is 18.9. The molecule has 1 N–H and O–H groups in total. The van der Waals surface area contributed by atoms with Gasteiger partial charge in [0, 0.05) is 38.6 Å². The van der Waals surface area contributed by atoms with Crippen molar-refractivity contribution in [2.24, 2.45) is 5.41 Å². The van der Waals surface area contributed by atoms with Gasteiger partial charge in [-0.3, -0.25) is 4.79 Å². The zero-order valence-electron chi connectivity index (χ0n) is 17.4. The number of aromatic nitrogens is 6. The fourth-order valence-corrected chi connectivity index (χ4v) is 4.22. The maximum absolute atomic E-state index is 13.0. The molecule has 0 aromatic carbocycles. The maximum atomic E-state index is 13.0. The highest BCUT2D eigenvalue weighted by Gasteiger charge is 2.51. The summed E-state index contributed by atoms with van der Waals surface area (Å²) in [6.45, 7) is 6.99. The minimum Gasteiger partial charge on any atom is -0.367 e. The van der Waals surface area contributed by atoms with Crippen LogP contribution in [0.1, 0.15) is 38.4 Å². The number of fused-ring (bicyclic) bond motifs is 1. The molecule has 0 bridgehead atoms. The van der Waals surface area contributed by atoms with Gasteiger partial charge in [0.1, 0.15) is 18.0 Å². The zero-order chi connectivity index (χ0) is 20.7. The Balaban J connectivity index is 1.44. The summed E-state index contributed by atoms with van der Waals surface area (Å²) in [5, 5.41) is 3.41. The summed E-state index contributed by atoms with van der Waals surface area (Å²) in [4.78, 5) is 37.3. The Kier molecular flexibility index (Phi) is 4.60. The number of carbonyl (C=O) groups is 1. The van der Waals surface area contributed by atoms with E-state index >= 15 is 0 Å². The molecule has 4 heterocycles. The van der Waals surface area contributed by atoms with E-state index in [0.29, 0.717) is 24.4 Å². The average molecular weight is 406 g/mol. The summed E-state index contributed by atoms with van der Waals surface area (Å²) < 4.78 is 2.04. The fraction of sp³-hybridized carbons (Fsp3) is 0.524. The lowest BCUT2D eigenvalue weighted by Gasteiger charge is -2.23. The Morgan fingerprint density at radius 3 is 2.53 bits per heavy atom. The minimum atomic E-state index is -0.289. The van der Waals surface area contributed by atoms with Crippen molar-refractivity contribution >= 4 is 22.9 Å². The minimum absolute atomic E-state index is 0.286. The van der Waals surface area contributed by atoms with Gasteiger partial charge < -0.3 is 14.8 Å². The van der Waals surface area contributed by atoms with E-state index in [2.05, 4.69) is 32.2 Å². The molecular formula is C21H26N8O. The molecule has 3 aromatic heterocycles. The number of likely N-dealkylation sites (tertiary alicyclic amines) is 1. The Morgan fingerprint density at radius 2 is 1.87 bits per heavy atom.